The van der Waals surface area contributed by atoms with E-state index in [9.17, 15) is 4.79 Å². The highest BCUT2D eigenvalue weighted by Gasteiger charge is 2.32. The lowest BCUT2D eigenvalue weighted by Crippen LogP contribution is -2.49. The maximum atomic E-state index is 12.8. The summed E-state index contributed by atoms with van der Waals surface area (Å²) in [6, 6.07) is 13.6. The number of rotatable bonds is 4. The van der Waals surface area contributed by atoms with Crippen LogP contribution >= 0.6 is 0 Å². The summed E-state index contributed by atoms with van der Waals surface area (Å²) in [5, 5.41) is 4.64. The smallest absolute Gasteiger partial charge is 0.254 e. The Morgan fingerprint density at radius 2 is 2.03 bits per heavy atom. The van der Waals surface area contributed by atoms with Gasteiger partial charge in [0.1, 0.15) is 30.3 Å². The molecule has 2 N–H and O–H groups in total. The third kappa shape index (κ3) is 3.68. The number of hydrogen-bond acceptors (Lipinski definition) is 5. The molecular formula is C23H25N3O4. The Hall–Kier alpha value is -3.19. The predicted molar refractivity (Wildman–Crippen MR) is 114 cm³/mol. The molecule has 2 aliphatic heterocycles. The summed E-state index contributed by atoms with van der Waals surface area (Å²) in [4.78, 5) is 17.8. The quantitative estimate of drug-likeness (QED) is 0.694. The first-order chi connectivity index (χ1) is 14.6. The van der Waals surface area contributed by atoms with Crippen LogP contribution in [0.15, 0.2) is 48.7 Å². The predicted octanol–water partition coefficient (Wildman–Crippen LogP) is 3.28. The number of carbonyl (C=O) groups is 1. The molecule has 156 valence electrons. The van der Waals surface area contributed by atoms with Crippen molar-refractivity contribution in [3.63, 3.8) is 0 Å². The molecule has 3 aromatic rings. The molecule has 7 nitrogen and oxygen atoms in total. The molecule has 1 amide bonds. The third-order valence-electron chi connectivity index (χ3n) is 5.59. The van der Waals surface area contributed by atoms with Gasteiger partial charge in [0.25, 0.3) is 5.91 Å². The molecule has 0 spiro atoms. The van der Waals surface area contributed by atoms with E-state index in [1.165, 1.54) is 0 Å². The fourth-order valence-electron chi connectivity index (χ4n) is 3.88. The highest BCUT2D eigenvalue weighted by atomic mass is 16.5. The minimum atomic E-state index is -0.416. The first-order valence-corrected chi connectivity index (χ1v) is 10.2. The molecule has 5 rings (SSSR count). The number of H-pyrrole nitrogens is 1. The number of aromatic amines is 1. The lowest BCUT2D eigenvalue weighted by atomic mass is 10.0. The number of anilines is 1. The summed E-state index contributed by atoms with van der Waals surface area (Å²) in [6.07, 6.45) is 1.92. The summed E-state index contributed by atoms with van der Waals surface area (Å²) in [6.45, 7) is 5.38. The van der Waals surface area contributed by atoms with Gasteiger partial charge in [0.05, 0.1) is 18.9 Å². The van der Waals surface area contributed by atoms with Gasteiger partial charge < -0.3 is 29.4 Å². The molecule has 1 unspecified atom stereocenters. The Morgan fingerprint density at radius 3 is 2.90 bits per heavy atom. The van der Waals surface area contributed by atoms with E-state index < -0.39 is 5.54 Å². The second-order valence-electron chi connectivity index (χ2n) is 8.11. The van der Waals surface area contributed by atoms with E-state index in [1.54, 1.807) is 0 Å². The molecule has 2 aliphatic rings. The number of benzene rings is 2. The van der Waals surface area contributed by atoms with Gasteiger partial charge in [0, 0.05) is 35.8 Å². The SMILES string of the molecule is CC1(COc2ccc3[nH]ccc3c2)COc2ccc(C(=O)N3CCOCC3)cc2N1. The van der Waals surface area contributed by atoms with E-state index in [2.05, 4.69) is 17.2 Å². The van der Waals surface area contributed by atoms with Crippen LogP contribution in [-0.4, -0.2) is 60.8 Å². The number of hydrogen-bond donors (Lipinski definition) is 2. The molecule has 1 aromatic heterocycles. The topological polar surface area (TPSA) is 75.8 Å². The lowest BCUT2D eigenvalue weighted by molar-refractivity contribution is 0.0303. The van der Waals surface area contributed by atoms with Crippen LogP contribution in [0.25, 0.3) is 10.9 Å². The van der Waals surface area contributed by atoms with Gasteiger partial charge in [-0.05, 0) is 49.4 Å². The molecule has 0 saturated carbocycles. The fourth-order valence-corrected chi connectivity index (χ4v) is 3.88. The summed E-state index contributed by atoms with van der Waals surface area (Å²) in [5.41, 5.74) is 2.13. The molecular weight excluding hydrogens is 382 g/mol. The van der Waals surface area contributed by atoms with Crippen molar-refractivity contribution in [3.8, 4) is 11.5 Å². The number of nitrogens with one attached hydrogen (secondary N) is 2. The zero-order valence-corrected chi connectivity index (χ0v) is 16.9. The molecule has 1 saturated heterocycles. The highest BCUT2D eigenvalue weighted by Crippen LogP contribution is 2.34. The Balaban J connectivity index is 1.29. The van der Waals surface area contributed by atoms with Crippen molar-refractivity contribution in [1.82, 2.24) is 9.88 Å². The van der Waals surface area contributed by atoms with Crippen LogP contribution in [0.2, 0.25) is 0 Å². The summed E-state index contributed by atoms with van der Waals surface area (Å²) < 4.78 is 17.4. The summed E-state index contributed by atoms with van der Waals surface area (Å²) >= 11 is 0. The van der Waals surface area contributed by atoms with Crippen molar-refractivity contribution in [2.75, 3.05) is 44.8 Å². The number of amides is 1. The maximum Gasteiger partial charge on any atom is 0.254 e. The first kappa shape index (κ1) is 18.8. The van der Waals surface area contributed by atoms with E-state index in [0.29, 0.717) is 45.1 Å². The molecule has 2 aromatic carbocycles. The minimum absolute atomic E-state index is 0.0197. The van der Waals surface area contributed by atoms with Gasteiger partial charge >= 0.3 is 0 Å². The van der Waals surface area contributed by atoms with Gasteiger partial charge in [-0.3, -0.25) is 4.79 Å². The summed E-state index contributed by atoms with van der Waals surface area (Å²) in [5.74, 6) is 1.58. The van der Waals surface area contributed by atoms with Crippen LogP contribution in [0.4, 0.5) is 5.69 Å². The first-order valence-electron chi connectivity index (χ1n) is 10.2. The number of nitrogens with zero attached hydrogens (tertiary/aromatic N) is 1. The Bertz CT molecular complexity index is 1070. The minimum Gasteiger partial charge on any atom is -0.491 e. The third-order valence-corrected chi connectivity index (χ3v) is 5.59. The van der Waals surface area contributed by atoms with Crippen molar-refractivity contribution in [2.24, 2.45) is 0 Å². The molecule has 1 atom stereocenters. The summed E-state index contributed by atoms with van der Waals surface area (Å²) in [7, 11) is 0. The van der Waals surface area contributed by atoms with Crippen LogP contribution in [-0.2, 0) is 4.74 Å². The Kier molecular flexibility index (Phi) is 4.75. The lowest BCUT2D eigenvalue weighted by Gasteiger charge is -2.36. The Morgan fingerprint density at radius 1 is 1.17 bits per heavy atom. The van der Waals surface area contributed by atoms with Crippen molar-refractivity contribution in [1.29, 1.82) is 0 Å². The van der Waals surface area contributed by atoms with E-state index in [-0.39, 0.29) is 5.91 Å². The van der Waals surface area contributed by atoms with E-state index in [4.69, 9.17) is 14.2 Å². The second-order valence-corrected chi connectivity index (χ2v) is 8.11. The zero-order chi connectivity index (χ0) is 20.6. The van der Waals surface area contributed by atoms with Gasteiger partial charge in [0.15, 0.2) is 0 Å². The van der Waals surface area contributed by atoms with Gasteiger partial charge in [-0.2, -0.15) is 0 Å². The van der Waals surface area contributed by atoms with Crippen LogP contribution < -0.4 is 14.8 Å². The molecule has 3 heterocycles. The van der Waals surface area contributed by atoms with Crippen molar-refractivity contribution in [2.45, 2.75) is 12.5 Å². The Labute approximate surface area is 174 Å². The molecule has 7 heteroatoms. The zero-order valence-electron chi connectivity index (χ0n) is 16.9. The van der Waals surface area contributed by atoms with Crippen molar-refractivity contribution in [3.05, 3.63) is 54.2 Å². The largest absolute Gasteiger partial charge is 0.491 e. The van der Waals surface area contributed by atoms with E-state index in [1.807, 2.05) is 53.6 Å². The number of carbonyl (C=O) groups excluding carboxylic acids is 1. The number of fused-ring (bicyclic) bond motifs is 2. The average molecular weight is 407 g/mol. The van der Waals surface area contributed by atoms with Crippen LogP contribution in [0, 0.1) is 0 Å². The second kappa shape index (κ2) is 7.57. The standard InChI is InChI=1S/C23H25N3O4/c1-23(14-29-18-3-4-19-16(12-18)6-7-24-19)15-30-21-5-2-17(13-20(21)25-23)22(27)26-8-10-28-11-9-26/h2-7,12-13,24-25H,8-11,14-15H2,1H3. The van der Waals surface area contributed by atoms with Gasteiger partial charge in [-0.15, -0.1) is 0 Å². The average Bonchev–Trinajstić information content (AvgIpc) is 3.25. The van der Waals surface area contributed by atoms with Crippen LogP contribution in [0.3, 0.4) is 0 Å². The normalized spacial score (nSPS) is 20.9. The number of aromatic nitrogens is 1. The van der Waals surface area contributed by atoms with Gasteiger partial charge in [-0.1, -0.05) is 0 Å². The monoisotopic (exact) mass is 407 g/mol. The highest BCUT2D eigenvalue weighted by molar-refractivity contribution is 5.95. The van der Waals surface area contributed by atoms with Crippen LogP contribution in [0.1, 0.15) is 17.3 Å². The maximum absolute atomic E-state index is 12.8. The van der Waals surface area contributed by atoms with Gasteiger partial charge in [-0.25, -0.2) is 0 Å². The van der Waals surface area contributed by atoms with Crippen LogP contribution in [0.5, 0.6) is 11.5 Å². The molecule has 0 radical (unpaired) electrons. The molecule has 1 fully saturated rings. The van der Waals surface area contributed by atoms with Crippen molar-refractivity contribution >= 4 is 22.5 Å². The van der Waals surface area contributed by atoms with E-state index >= 15 is 0 Å². The fraction of sp³-hybridized carbons (Fsp3) is 0.348. The number of morpholine rings is 1. The van der Waals surface area contributed by atoms with Crippen molar-refractivity contribution < 1.29 is 19.0 Å². The molecule has 0 aliphatic carbocycles. The van der Waals surface area contributed by atoms with E-state index in [0.717, 1.165) is 28.1 Å². The molecule has 0 bridgehead atoms. The van der Waals surface area contributed by atoms with Gasteiger partial charge in [0.2, 0.25) is 0 Å². The number of ether oxygens (including phenoxy) is 3. The molecule has 30 heavy (non-hydrogen) atoms.